The number of anilines is 2. The molecular weight excluding hydrogens is 463 g/mol. The lowest BCUT2D eigenvalue weighted by atomic mass is 10.1. The van der Waals surface area contributed by atoms with Crippen molar-refractivity contribution in [3.05, 3.63) is 60.3 Å². The molecule has 0 bridgehead atoms. The highest BCUT2D eigenvalue weighted by Gasteiger charge is 2.28. The maximum absolute atomic E-state index is 13.8. The monoisotopic (exact) mass is 484 g/mol. The van der Waals surface area contributed by atoms with Crippen molar-refractivity contribution in [1.82, 2.24) is 14.9 Å². The van der Waals surface area contributed by atoms with E-state index in [1.54, 1.807) is 12.1 Å². The minimum absolute atomic E-state index is 0.106. The Hall–Kier alpha value is -4.06. The van der Waals surface area contributed by atoms with Crippen LogP contribution in [0.2, 0.25) is 0 Å². The fourth-order valence-corrected chi connectivity index (χ4v) is 4.52. The van der Waals surface area contributed by atoms with Crippen molar-refractivity contribution >= 4 is 40.2 Å². The number of carbonyl (C=O) groups excluding carboxylic acids is 3. The fraction of sp³-hybridized carbons (Fsp3) is 0.227. The molecule has 10 nitrogen and oxygen atoms in total. The number of halogens is 1. The van der Waals surface area contributed by atoms with Crippen LogP contribution in [-0.4, -0.2) is 52.1 Å². The van der Waals surface area contributed by atoms with Crippen molar-refractivity contribution in [1.29, 1.82) is 0 Å². The second kappa shape index (κ2) is 10.3. The van der Waals surface area contributed by atoms with Gasteiger partial charge in [0.15, 0.2) is 5.82 Å². The Morgan fingerprint density at radius 1 is 1.21 bits per heavy atom. The molecule has 3 heterocycles. The number of nitrogens with zero attached hydrogens (tertiary/aromatic N) is 3. The largest absolute Gasteiger partial charge is 0.457 e. The Morgan fingerprint density at radius 3 is 2.79 bits per heavy atom. The molecule has 1 aliphatic heterocycles. The Kier molecular flexibility index (Phi) is 6.97. The topological polar surface area (TPSA) is 140 Å². The summed E-state index contributed by atoms with van der Waals surface area (Å²) in [7, 11) is 0. The Bertz CT molecular complexity index is 1210. The van der Waals surface area contributed by atoms with Crippen molar-refractivity contribution in [2.75, 3.05) is 23.7 Å². The standard InChI is InChI=1S/C22H21FN6O4S/c23-14-4-1-3-13(9-14)17-10-16(20(30)33-15-5-2-8-29(12-15)21(24)31)19(34-17)28-22(32)27-18-11-25-6-7-26-18/h1,3-4,6-7,9-11,15H,2,5,8,12H2,(H2,24,31)(H2,26,27,28,32). The molecule has 34 heavy (non-hydrogen) atoms. The number of likely N-dealkylation sites (tertiary alicyclic amines) is 1. The summed E-state index contributed by atoms with van der Waals surface area (Å²) in [6.07, 6.45) is 4.94. The van der Waals surface area contributed by atoms with Crippen LogP contribution in [0.15, 0.2) is 48.9 Å². The van der Waals surface area contributed by atoms with Crippen LogP contribution in [0.3, 0.4) is 0 Å². The average molecular weight is 485 g/mol. The van der Waals surface area contributed by atoms with Gasteiger partial charge in [-0.2, -0.15) is 0 Å². The lowest BCUT2D eigenvalue weighted by Crippen LogP contribution is -2.46. The molecule has 0 radical (unpaired) electrons. The number of thiophene rings is 1. The fourth-order valence-electron chi connectivity index (χ4n) is 3.48. The Morgan fingerprint density at radius 2 is 2.06 bits per heavy atom. The maximum Gasteiger partial charge on any atom is 0.341 e. The molecule has 1 atom stereocenters. The summed E-state index contributed by atoms with van der Waals surface area (Å²) in [6, 6.07) is 6.21. The van der Waals surface area contributed by atoms with Crippen LogP contribution in [0.25, 0.3) is 10.4 Å². The van der Waals surface area contributed by atoms with E-state index >= 15 is 0 Å². The average Bonchev–Trinajstić information content (AvgIpc) is 3.23. The zero-order chi connectivity index (χ0) is 24.1. The highest BCUT2D eigenvalue weighted by Crippen LogP contribution is 2.36. The second-order valence-corrected chi connectivity index (χ2v) is 8.54. The molecule has 12 heteroatoms. The summed E-state index contributed by atoms with van der Waals surface area (Å²) in [4.78, 5) is 46.9. The third-order valence-corrected chi connectivity index (χ3v) is 6.16. The highest BCUT2D eigenvalue weighted by atomic mass is 32.1. The van der Waals surface area contributed by atoms with E-state index < -0.39 is 30.0 Å². The van der Waals surface area contributed by atoms with Crippen LogP contribution in [0, 0.1) is 5.82 Å². The van der Waals surface area contributed by atoms with Gasteiger partial charge in [0, 0.05) is 23.8 Å². The molecule has 1 saturated heterocycles. The van der Waals surface area contributed by atoms with Crippen LogP contribution in [0.5, 0.6) is 0 Å². The Balaban J connectivity index is 1.57. The van der Waals surface area contributed by atoms with E-state index in [0.717, 1.165) is 11.3 Å². The molecule has 1 fully saturated rings. The molecule has 4 rings (SSSR count). The molecule has 0 saturated carbocycles. The summed E-state index contributed by atoms with van der Waals surface area (Å²) in [6.45, 7) is 0.693. The Labute approximate surface area is 198 Å². The number of carbonyl (C=O) groups is 3. The van der Waals surface area contributed by atoms with Crippen LogP contribution in [0.4, 0.5) is 24.8 Å². The molecule has 176 valence electrons. The van der Waals surface area contributed by atoms with Crippen molar-refractivity contribution in [3.63, 3.8) is 0 Å². The van der Waals surface area contributed by atoms with Crippen LogP contribution >= 0.6 is 11.3 Å². The first-order valence-electron chi connectivity index (χ1n) is 10.4. The zero-order valence-corrected chi connectivity index (χ0v) is 18.7. The van der Waals surface area contributed by atoms with Gasteiger partial charge in [0.05, 0.1) is 18.3 Å². The molecule has 2 aromatic heterocycles. The van der Waals surface area contributed by atoms with Gasteiger partial charge in [-0.25, -0.2) is 23.8 Å². The SMILES string of the molecule is NC(=O)N1CCCC(OC(=O)c2cc(-c3cccc(F)c3)sc2NC(=O)Nc2cnccn2)C1. The normalized spacial score (nSPS) is 15.4. The third kappa shape index (κ3) is 5.64. The summed E-state index contributed by atoms with van der Waals surface area (Å²) in [5, 5.41) is 5.37. The van der Waals surface area contributed by atoms with Crippen LogP contribution in [0.1, 0.15) is 23.2 Å². The number of amides is 4. The lowest BCUT2D eigenvalue weighted by molar-refractivity contribution is 0.0129. The number of ether oxygens (including phenoxy) is 1. The van der Waals surface area contributed by atoms with Crippen molar-refractivity contribution in [2.24, 2.45) is 5.73 Å². The van der Waals surface area contributed by atoms with Gasteiger partial charge in [0.2, 0.25) is 0 Å². The van der Waals surface area contributed by atoms with E-state index in [4.69, 9.17) is 10.5 Å². The van der Waals surface area contributed by atoms with Gasteiger partial charge in [0.1, 0.15) is 16.9 Å². The molecule has 0 aliphatic carbocycles. The predicted molar refractivity (Wildman–Crippen MR) is 124 cm³/mol. The molecule has 4 N–H and O–H groups in total. The van der Waals surface area contributed by atoms with E-state index in [1.807, 2.05) is 0 Å². The van der Waals surface area contributed by atoms with Crippen molar-refractivity contribution in [2.45, 2.75) is 18.9 Å². The van der Waals surface area contributed by atoms with Crippen LogP contribution in [-0.2, 0) is 4.74 Å². The van der Waals surface area contributed by atoms with Gasteiger partial charge in [0.25, 0.3) is 0 Å². The van der Waals surface area contributed by atoms with Gasteiger partial charge in [-0.3, -0.25) is 15.6 Å². The summed E-state index contributed by atoms with van der Waals surface area (Å²) in [5.74, 6) is -0.886. The highest BCUT2D eigenvalue weighted by molar-refractivity contribution is 7.20. The molecule has 3 aromatic rings. The number of nitrogens with two attached hydrogens (primary N) is 1. The molecule has 4 amide bonds. The number of esters is 1. The number of primary amides is 1. The summed E-state index contributed by atoms with van der Waals surface area (Å²) >= 11 is 1.10. The minimum atomic E-state index is -0.676. The smallest absolute Gasteiger partial charge is 0.341 e. The minimum Gasteiger partial charge on any atom is -0.457 e. The van der Waals surface area contributed by atoms with E-state index in [1.165, 1.54) is 41.7 Å². The van der Waals surface area contributed by atoms with Gasteiger partial charge in [-0.1, -0.05) is 12.1 Å². The van der Waals surface area contributed by atoms with E-state index in [2.05, 4.69) is 20.6 Å². The van der Waals surface area contributed by atoms with E-state index in [9.17, 15) is 18.8 Å². The molecule has 1 aliphatic rings. The van der Waals surface area contributed by atoms with Crippen molar-refractivity contribution in [3.8, 4) is 10.4 Å². The van der Waals surface area contributed by atoms with Crippen LogP contribution < -0.4 is 16.4 Å². The van der Waals surface area contributed by atoms with Crippen molar-refractivity contribution < 1.29 is 23.5 Å². The number of rotatable bonds is 5. The van der Waals surface area contributed by atoms with E-state index in [0.29, 0.717) is 29.8 Å². The number of benzene rings is 1. The molecule has 0 spiro atoms. The summed E-state index contributed by atoms with van der Waals surface area (Å²) in [5.41, 5.74) is 5.99. The van der Waals surface area contributed by atoms with Gasteiger partial charge >= 0.3 is 18.0 Å². The predicted octanol–water partition coefficient (Wildman–Crippen LogP) is 3.69. The van der Waals surface area contributed by atoms with E-state index in [-0.39, 0.29) is 22.9 Å². The quantitative estimate of drug-likeness (QED) is 0.472. The third-order valence-electron chi connectivity index (χ3n) is 5.06. The first kappa shape index (κ1) is 23.1. The zero-order valence-electron chi connectivity index (χ0n) is 17.9. The number of piperidine rings is 1. The molecule has 1 aromatic carbocycles. The maximum atomic E-state index is 13.8. The van der Waals surface area contributed by atoms with Gasteiger partial charge in [-0.15, -0.1) is 11.3 Å². The molecular formula is C22H21FN6O4S. The van der Waals surface area contributed by atoms with Gasteiger partial charge in [-0.05, 0) is 36.6 Å². The summed E-state index contributed by atoms with van der Waals surface area (Å²) < 4.78 is 19.4. The number of hydrogen-bond donors (Lipinski definition) is 3. The number of nitrogens with one attached hydrogen (secondary N) is 2. The number of aromatic nitrogens is 2. The van der Waals surface area contributed by atoms with Gasteiger partial charge < -0.3 is 15.4 Å². The molecule has 1 unspecified atom stereocenters. The second-order valence-electron chi connectivity index (χ2n) is 7.49. The number of hydrogen-bond acceptors (Lipinski definition) is 7. The lowest BCUT2D eigenvalue weighted by Gasteiger charge is -2.31. The first-order chi connectivity index (χ1) is 16.4. The number of urea groups is 2. The first-order valence-corrected chi connectivity index (χ1v) is 11.2.